The Morgan fingerprint density at radius 3 is 1.47 bits per heavy atom. The minimum absolute atomic E-state index is 0.0756. The van der Waals surface area contributed by atoms with Crippen molar-refractivity contribution >= 4 is 11.9 Å². The van der Waals surface area contributed by atoms with Gasteiger partial charge in [0.15, 0.2) is 0 Å². The monoisotopic (exact) mass is 774 g/mol. The molecule has 0 rings (SSSR count). The lowest BCUT2D eigenvalue weighted by atomic mass is 10.0. The molecule has 55 heavy (non-hydrogen) atoms. The molecule has 0 aliphatic carbocycles. The van der Waals surface area contributed by atoms with Crippen molar-refractivity contribution in [3.05, 3.63) is 36.5 Å². The number of aliphatic hydroxyl groups is 2. The van der Waals surface area contributed by atoms with Gasteiger partial charge in [0.25, 0.3) is 0 Å². The maximum Gasteiger partial charge on any atom is 0.306 e. The Bertz CT molecular complexity index is 915. The first kappa shape index (κ1) is 53.1. The second-order valence-electron chi connectivity index (χ2n) is 16.2. The lowest BCUT2D eigenvalue weighted by molar-refractivity contribution is -0.151. The van der Waals surface area contributed by atoms with Gasteiger partial charge in [0.05, 0.1) is 25.2 Å². The van der Waals surface area contributed by atoms with Gasteiger partial charge in [-0.1, -0.05) is 218 Å². The highest BCUT2D eigenvalue weighted by atomic mass is 16.5. The van der Waals surface area contributed by atoms with Gasteiger partial charge in [-0.05, 0) is 44.9 Å². The average Bonchev–Trinajstić information content (AvgIpc) is 3.18. The zero-order valence-electron chi connectivity index (χ0n) is 36.6. The molecule has 6 heteroatoms. The maximum absolute atomic E-state index is 13.1. The van der Waals surface area contributed by atoms with Crippen molar-refractivity contribution in [3.8, 4) is 0 Å². The van der Waals surface area contributed by atoms with Crippen LogP contribution in [0.3, 0.4) is 0 Å². The molecule has 0 radical (unpaired) electrons. The van der Waals surface area contributed by atoms with Crippen LogP contribution in [0.5, 0.6) is 0 Å². The number of rotatable bonds is 42. The van der Waals surface area contributed by atoms with Crippen molar-refractivity contribution < 1.29 is 24.5 Å². The number of allylic oxidation sites excluding steroid dienone is 6. The zero-order chi connectivity index (χ0) is 40.3. The Hall–Kier alpha value is -1.92. The standard InChI is InChI=1S/C49H91NO5/c1-4-7-10-13-16-19-22-23-24-25-27-30-33-36-39-42-49(54)55-45(40-37-34-31-28-21-18-15-12-9-6-3)43-48(53)50-46(44-51)47(52)41-38-35-32-29-26-20-17-14-11-8-5-2/h7,10,13,16,19,22,45-47,51-52H,4-6,8-9,11-12,14-15,17-18,20-21,23-44H2,1-3H3,(H,50,53)/b10-7+,16-13+,22-19+. The van der Waals surface area contributed by atoms with Crippen LogP contribution in [0.1, 0.15) is 239 Å². The Morgan fingerprint density at radius 2 is 0.982 bits per heavy atom. The Morgan fingerprint density at radius 1 is 0.545 bits per heavy atom. The minimum atomic E-state index is -0.785. The smallest absolute Gasteiger partial charge is 0.306 e. The summed E-state index contributed by atoms with van der Waals surface area (Å²) >= 11 is 0. The van der Waals surface area contributed by atoms with E-state index < -0.39 is 18.2 Å². The highest BCUT2D eigenvalue weighted by Gasteiger charge is 2.24. The molecule has 0 heterocycles. The molecule has 0 saturated heterocycles. The quantitative estimate of drug-likeness (QED) is 0.0326. The number of hydrogen-bond donors (Lipinski definition) is 3. The summed E-state index contributed by atoms with van der Waals surface area (Å²) < 4.78 is 5.90. The molecule has 0 spiro atoms. The number of aliphatic hydroxyl groups excluding tert-OH is 2. The predicted molar refractivity (Wildman–Crippen MR) is 236 cm³/mol. The first-order chi connectivity index (χ1) is 27.0. The van der Waals surface area contributed by atoms with Gasteiger partial charge < -0.3 is 20.3 Å². The molecule has 3 N–H and O–H groups in total. The largest absolute Gasteiger partial charge is 0.462 e. The van der Waals surface area contributed by atoms with Crippen LogP contribution >= 0.6 is 0 Å². The van der Waals surface area contributed by atoms with Gasteiger partial charge in [-0.15, -0.1) is 0 Å². The fourth-order valence-corrected chi connectivity index (χ4v) is 7.19. The van der Waals surface area contributed by atoms with Crippen LogP contribution in [0.2, 0.25) is 0 Å². The van der Waals surface area contributed by atoms with Gasteiger partial charge in [0.1, 0.15) is 6.10 Å². The molecule has 6 nitrogen and oxygen atoms in total. The summed E-state index contributed by atoms with van der Waals surface area (Å²) in [5.74, 6) is -0.482. The summed E-state index contributed by atoms with van der Waals surface area (Å²) in [6.07, 6.45) is 49.1. The van der Waals surface area contributed by atoms with Crippen molar-refractivity contribution in [2.45, 2.75) is 257 Å². The maximum atomic E-state index is 13.1. The highest BCUT2D eigenvalue weighted by Crippen LogP contribution is 2.18. The number of carbonyl (C=O) groups excluding carboxylic acids is 2. The van der Waals surface area contributed by atoms with E-state index in [0.29, 0.717) is 19.3 Å². The summed E-state index contributed by atoms with van der Waals surface area (Å²) in [5, 5.41) is 23.6. The molecular weight excluding hydrogens is 683 g/mol. The summed E-state index contributed by atoms with van der Waals surface area (Å²) in [4.78, 5) is 26.0. The molecule has 0 aromatic heterocycles. The zero-order valence-corrected chi connectivity index (χ0v) is 36.6. The second kappa shape index (κ2) is 43.2. The third-order valence-corrected chi connectivity index (χ3v) is 10.8. The van der Waals surface area contributed by atoms with Gasteiger partial charge >= 0.3 is 5.97 Å². The molecule has 0 aromatic rings. The molecule has 0 aliphatic heterocycles. The van der Waals surface area contributed by atoms with Crippen LogP contribution < -0.4 is 5.32 Å². The van der Waals surface area contributed by atoms with E-state index in [4.69, 9.17) is 4.74 Å². The van der Waals surface area contributed by atoms with Crippen molar-refractivity contribution in [2.24, 2.45) is 0 Å². The first-order valence-electron chi connectivity index (χ1n) is 23.7. The van der Waals surface area contributed by atoms with Crippen LogP contribution in [0, 0.1) is 0 Å². The third kappa shape index (κ3) is 38.7. The van der Waals surface area contributed by atoms with E-state index in [1.165, 1.54) is 128 Å². The van der Waals surface area contributed by atoms with E-state index in [1.54, 1.807) is 0 Å². The molecule has 0 aromatic carbocycles. The normalized spacial score (nSPS) is 13.6. The summed E-state index contributed by atoms with van der Waals surface area (Å²) in [6.45, 7) is 6.33. The fraction of sp³-hybridized carbons (Fsp3) is 0.837. The molecule has 3 unspecified atom stereocenters. The van der Waals surface area contributed by atoms with E-state index in [0.717, 1.165) is 64.2 Å². The molecule has 3 atom stereocenters. The number of hydrogen-bond acceptors (Lipinski definition) is 5. The van der Waals surface area contributed by atoms with Crippen molar-refractivity contribution in [1.82, 2.24) is 5.32 Å². The van der Waals surface area contributed by atoms with E-state index in [1.807, 2.05) is 0 Å². The molecule has 0 fully saturated rings. The van der Waals surface area contributed by atoms with Crippen LogP contribution in [0.25, 0.3) is 0 Å². The number of nitrogens with one attached hydrogen (secondary N) is 1. The van der Waals surface area contributed by atoms with Crippen LogP contribution in [0.15, 0.2) is 36.5 Å². The summed E-state index contributed by atoms with van der Waals surface area (Å²) in [6, 6.07) is -0.698. The summed E-state index contributed by atoms with van der Waals surface area (Å²) in [7, 11) is 0. The SMILES string of the molecule is CC/C=C/C=C/C=C/CCCCCCCCCC(=O)OC(CCCCCCCCCCCC)CC(=O)NC(CO)C(O)CCCCCCCCCCCCC. The number of unbranched alkanes of at least 4 members (excludes halogenated alkanes) is 26. The van der Waals surface area contributed by atoms with Crippen LogP contribution in [0.4, 0.5) is 0 Å². The lowest BCUT2D eigenvalue weighted by Crippen LogP contribution is -2.46. The molecule has 1 amide bonds. The average molecular weight is 774 g/mol. The number of carbonyl (C=O) groups is 2. The number of esters is 1. The second-order valence-corrected chi connectivity index (χ2v) is 16.2. The molecule has 0 bridgehead atoms. The predicted octanol–water partition coefficient (Wildman–Crippen LogP) is 13.7. The van der Waals surface area contributed by atoms with Crippen molar-refractivity contribution in [3.63, 3.8) is 0 Å². The molecule has 0 aliphatic rings. The van der Waals surface area contributed by atoms with Crippen molar-refractivity contribution in [1.29, 1.82) is 0 Å². The van der Waals surface area contributed by atoms with Gasteiger partial charge in [-0.3, -0.25) is 9.59 Å². The number of ether oxygens (including phenoxy) is 1. The molecular formula is C49H91NO5. The molecule has 322 valence electrons. The Labute approximate surface area is 341 Å². The van der Waals surface area contributed by atoms with E-state index in [2.05, 4.69) is 62.5 Å². The van der Waals surface area contributed by atoms with Gasteiger partial charge in [0.2, 0.25) is 5.91 Å². The highest BCUT2D eigenvalue weighted by molar-refractivity contribution is 5.77. The fourth-order valence-electron chi connectivity index (χ4n) is 7.19. The third-order valence-electron chi connectivity index (χ3n) is 10.8. The Kier molecular flexibility index (Phi) is 41.7. The first-order valence-corrected chi connectivity index (χ1v) is 23.7. The van der Waals surface area contributed by atoms with Crippen molar-refractivity contribution in [2.75, 3.05) is 6.61 Å². The van der Waals surface area contributed by atoms with Gasteiger partial charge in [-0.25, -0.2) is 0 Å². The Balaban J connectivity index is 4.54. The van der Waals surface area contributed by atoms with Gasteiger partial charge in [0, 0.05) is 6.42 Å². The number of amides is 1. The topological polar surface area (TPSA) is 95.9 Å². The van der Waals surface area contributed by atoms with E-state index >= 15 is 0 Å². The summed E-state index contributed by atoms with van der Waals surface area (Å²) in [5.41, 5.74) is 0. The van der Waals surface area contributed by atoms with Crippen LogP contribution in [-0.2, 0) is 14.3 Å². The van der Waals surface area contributed by atoms with E-state index in [-0.39, 0.29) is 24.9 Å². The molecule has 0 saturated carbocycles. The minimum Gasteiger partial charge on any atom is -0.462 e. The lowest BCUT2D eigenvalue weighted by Gasteiger charge is -2.24. The van der Waals surface area contributed by atoms with E-state index in [9.17, 15) is 19.8 Å². The van der Waals surface area contributed by atoms with Crippen LogP contribution in [-0.4, -0.2) is 46.9 Å². The van der Waals surface area contributed by atoms with Gasteiger partial charge in [-0.2, -0.15) is 0 Å².